The fraction of sp³-hybridized carbons (Fsp3) is 0.562. The Kier molecular flexibility index (Phi) is 7.25. The van der Waals surface area contributed by atoms with Crippen molar-refractivity contribution in [2.45, 2.75) is 44.4 Å². The maximum atomic E-state index is 13.8. The summed E-state index contributed by atoms with van der Waals surface area (Å²) in [4.78, 5) is 50.6. The van der Waals surface area contributed by atoms with Gasteiger partial charge in [-0.1, -0.05) is 0 Å². The molecule has 3 aliphatic heterocycles. The number of aryl methyl sites for hydroxylation is 1. The highest BCUT2D eigenvalue weighted by Crippen LogP contribution is 2.40. The Morgan fingerprint density at radius 2 is 1.64 bits per heavy atom. The largest absolute Gasteiger partial charge is 0.477 e. The number of pyridine rings is 1. The number of H-pyrrole nitrogens is 1. The van der Waals surface area contributed by atoms with Crippen LogP contribution < -0.4 is 10.4 Å². The molecular weight excluding hydrogens is 534 g/mol. The predicted octanol–water partition coefficient (Wildman–Crippen LogP) is 3.57. The van der Waals surface area contributed by atoms with Gasteiger partial charge in [0.25, 0.3) is 11.8 Å². The lowest BCUT2D eigenvalue weighted by Gasteiger charge is -2.24. The Bertz CT molecular complexity index is 1540. The van der Waals surface area contributed by atoms with E-state index in [1.165, 1.54) is 4.57 Å². The van der Waals surface area contributed by atoms with Gasteiger partial charge in [0.05, 0.1) is 17.6 Å². The van der Waals surface area contributed by atoms with Gasteiger partial charge in [0.1, 0.15) is 0 Å². The number of aromatic nitrogens is 3. The summed E-state index contributed by atoms with van der Waals surface area (Å²) in [6, 6.07) is 9.20. The summed E-state index contributed by atoms with van der Waals surface area (Å²) in [5, 5.41) is 0. The van der Waals surface area contributed by atoms with E-state index in [1.807, 2.05) is 21.9 Å². The molecule has 10 nitrogen and oxygen atoms in total. The van der Waals surface area contributed by atoms with Crippen molar-refractivity contribution >= 4 is 22.8 Å². The van der Waals surface area contributed by atoms with Crippen LogP contribution in [0.4, 0.5) is 0 Å². The van der Waals surface area contributed by atoms with Gasteiger partial charge in [-0.15, -0.1) is 0 Å². The first kappa shape index (κ1) is 27.2. The van der Waals surface area contributed by atoms with Crippen molar-refractivity contribution in [2.24, 2.45) is 24.8 Å². The second-order valence-electron chi connectivity index (χ2n) is 12.6. The van der Waals surface area contributed by atoms with Crippen molar-refractivity contribution < 1.29 is 19.1 Å². The number of imidazole rings is 1. The summed E-state index contributed by atoms with van der Waals surface area (Å²) >= 11 is 0. The first-order valence-corrected chi connectivity index (χ1v) is 15.4. The molecule has 0 bridgehead atoms. The van der Waals surface area contributed by atoms with Crippen LogP contribution in [0.25, 0.3) is 11.0 Å². The summed E-state index contributed by atoms with van der Waals surface area (Å²) in [5.74, 6) is 2.24. The number of aromatic amines is 1. The van der Waals surface area contributed by atoms with Gasteiger partial charge >= 0.3 is 5.69 Å². The van der Waals surface area contributed by atoms with E-state index in [0.29, 0.717) is 73.5 Å². The average Bonchev–Trinajstić information content (AvgIpc) is 3.77. The maximum absolute atomic E-state index is 13.8. The molecule has 0 radical (unpaired) electrons. The van der Waals surface area contributed by atoms with Crippen LogP contribution in [0.5, 0.6) is 5.88 Å². The second-order valence-corrected chi connectivity index (χ2v) is 12.6. The topological polar surface area (TPSA) is 110 Å². The third-order valence-electron chi connectivity index (χ3n) is 9.71. The molecule has 2 amide bonds. The standard InChI is InChI=1S/C32H39N5O5/c1-35-28-15-22(4-5-26(28)34-32(35)40)30(38)37-17-23-6-10-36(11-7-24(23)18-37)31(39)25-14-27(21-2-3-21)33-29(16-25)42-19-20-8-12-41-13-9-20/h4-5,14-16,20-21,23-24H,2-3,6-13,17-19H2,1H3,(H,34,40). The molecule has 4 aliphatic rings. The van der Waals surface area contributed by atoms with Crippen LogP contribution in [0.2, 0.25) is 0 Å². The number of nitrogens with zero attached hydrogens (tertiary/aromatic N) is 4. The molecule has 4 fully saturated rings. The number of likely N-dealkylation sites (tertiary alicyclic amines) is 2. The van der Waals surface area contributed by atoms with E-state index in [0.717, 1.165) is 68.5 Å². The molecule has 1 saturated carbocycles. The Morgan fingerprint density at radius 3 is 2.36 bits per heavy atom. The molecule has 0 spiro atoms. The van der Waals surface area contributed by atoms with Gasteiger partial charge < -0.3 is 24.3 Å². The van der Waals surface area contributed by atoms with Crippen molar-refractivity contribution in [1.82, 2.24) is 24.3 Å². The molecule has 1 aromatic carbocycles. The zero-order valence-corrected chi connectivity index (χ0v) is 24.2. The molecule has 42 heavy (non-hydrogen) atoms. The van der Waals surface area contributed by atoms with E-state index in [2.05, 4.69) is 4.98 Å². The lowest BCUT2D eigenvalue weighted by atomic mass is 9.92. The van der Waals surface area contributed by atoms with Crippen LogP contribution in [0.1, 0.15) is 70.9 Å². The number of benzene rings is 1. The average molecular weight is 574 g/mol. The molecule has 2 unspecified atom stereocenters. The summed E-state index contributed by atoms with van der Waals surface area (Å²) in [6.45, 7) is 4.92. The molecule has 2 aromatic heterocycles. The number of hydrogen-bond acceptors (Lipinski definition) is 6. The van der Waals surface area contributed by atoms with Gasteiger partial charge in [-0.05, 0) is 80.5 Å². The van der Waals surface area contributed by atoms with Crippen molar-refractivity contribution in [3.8, 4) is 5.88 Å². The minimum absolute atomic E-state index is 0.00391. The van der Waals surface area contributed by atoms with Crippen molar-refractivity contribution in [2.75, 3.05) is 46.0 Å². The Hall–Kier alpha value is -3.66. The smallest absolute Gasteiger partial charge is 0.326 e. The summed E-state index contributed by atoms with van der Waals surface area (Å²) in [7, 11) is 1.70. The highest BCUT2D eigenvalue weighted by atomic mass is 16.5. The van der Waals surface area contributed by atoms with Crippen LogP contribution in [0, 0.1) is 17.8 Å². The van der Waals surface area contributed by atoms with Crippen molar-refractivity contribution in [3.63, 3.8) is 0 Å². The first-order valence-electron chi connectivity index (χ1n) is 15.4. The van der Waals surface area contributed by atoms with E-state index >= 15 is 0 Å². The number of ether oxygens (including phenoxy) is 2. The first-order chi connectivity index (χ1) is 20.4. The van der Waals surface area contributed by atoms with E-state index < -0.39 is 0 Å². The van der Waals surface area contributed by atoms with E-state index in [-0.39, 0.29) is 17.5 Å². The van der Waals surface area contributed by atoms with Crippen LogP contribution in [0.3, 0.4) is 0 Å². The van der Waals surface area contributed by atoms with Gasteiger partial charge in [0.15, 0.2) is 0 Å². The molecule has 1 aliphatic carbocycles. The van der Waals surface area contributed by atoms with Crippen LogP contribution in [-0.2, 0) is 11.8 Å². The third kappa shape index (κ3) is 5.44. The highest BCUT2D eigenvalue weighted by molar-refractivity contribution is 5.97. The van der Waals surface area contributed by atoms with E-state index in [1.54, 1.807) is 25.2 Å². The number of fused-ring (bicyclic) bond motifs is 2. The van der Waals surface area contributed by atoms with Crippen LogP contribution >= 0.6 is 0 Å². The monoisotopic (exact) mass is 573 g/mol. The fourth-order valence-corrected chi connectivity index (χ4v) is 6.87. The number of hydrogen-bond donors (Lipinski definition) is 1. The quantitative estimate of drug-likeness (QED) is 0.483. The summed E-state index contributed by atoms with van der Waals surface area (Å²) in [5.41, 5.74) is 3.52. The minimum atomic E-state index is -0.189. The summed E-state index contributed by atoms with van der Waals surface area (Å²) < 4.78 is 13.1. The van der Waals surface area contributed by atoms with Gasteiger partial charge in [0, 0.05) is 75.2 Å². The molecule has 5 heterocycles. The normalized spacial score (nSPS) is 23.2. The van der Waals surface area contributed by atoms with Gasteiger partial charge in [-0.25, -0.2) is 9.78 Å². The molecular formula is C32H39N5O5. The zero-order chi connectivity index (χ0) is 28.8. The van der Waals surface area contributed by atoms with Crippen molar-refractivity contribution in [1.29, 1.82) is 0 Å². The van der Waals surface area contributed by atoms with Gasteiger partial charge in [-0.3, -0.25) is 14.2 Å². The molecule has 10 heteroatoms. The Morgan fingerprint density at radius 1 is 0.929 bits per heavy atom. The van der Waals surface area contributed by atoms with E-state index in [9.17, 15) is 14.4 Å². The molecule has 3 aromatic rings. The Balaban J connectivity index is 0.998. The molecule has 3 saturated heterocycles. The van der Waals surface area contributed by atoms with Gasteiger partial charge in [0.2, 0.25) is 5.88 Å². The number of carbonyl (C=O) groups is 2. The predicted molar refractivity (Wildman–Crippen MR) is 157 cm³/mol. The number of carbonyl (C=O) groups excluding carboxylic acids is 2. The van der Waals surface area contributed by atoms with Crippen molar-refractivity contribution in [3.05, 3.63) is 57.6 Å². The van der Waals surface area contributed by atoms with Gasteiger partial charge in [-0.2, -0.15) is 0 Å². The number of rotatable bonds is 6. The Labute approximate surface area is 245 Å². The lowest BCUT2D eigenvalue weighted by Crippen LogP contribution is -2.34. The SMILES string of the molecule is Cn1c(=O)[nH]c2ccc(C(=O)N3CC4CCN(C(=O)c5cc(OCC6CCOCC6)nc(C6CC6)c5)CCC4C3)cc21. The third-order valence-corrected chi connectivity index (χ3v) is 9.71. The second kappa shape index (κ2) is 11.2. The van der Waals surface area contributed by atoms with E-state index in [4.69, 9.17) is 14.5 Å². The molecule has 7 rings (SSSR count). The number of amides is 2. The highest BCUT2D eigenvalue weighted by Gasteiger charge is 2.38. The molecule has 1 N–H and O–H groups in total. The fourth-order valence-electron chi connectivity index (χ4n) is 6.87. The van der Waals surface area contributed by atoms with Crippen LogP contribution in [-0.4, -0.2) is 82.1 Å². The molecule has 222 valence electrons. The minimum Gasteiger partial charge on any atom is -0.477 e. The molecule has 2 atom stereocenters. The lowest BCUT2D eigenvalue weighted by molar-refractivity contribution is 0.0490. The van der Waals surface area contributed by atoms with Crippen LogP contribution in [0.15, 0.2) is 35.1 Å². The number of nitrogens with one attached hydrogen (secondary N) is 1. The zero-order valence-electron chi connectivity index (χ0n) is 24.2. The summed E-state index contributed by atoms with van der Waals surface area (Å²) in [6.07, 6.45) is 5.97. The maximum Gasteiger partial charge on any atom is 0.326 e.